The van der Waals surface area contributed by atoms with E-state index >= 15 is 0 Å². The third-order valence-corrected chi connectivity index (χ3v) is 2.56. The van der Waals surface area contributed by atoms with E-state index in [2.05, 4.69) is 13.8 Å². The summed E-state index contributed by atoms with van der Waals surface area (Å²) in [5, 5.41) is 0. The van der Waals surface area contributed by atoms with Crippen LogP contribution >= 0.6 is 12.2 Å². The highest BCUT2D eigenvalue weighted by Crippen LogP contribution is 2.20. The first-order valence-corrected chi connectivity index (χ1v) is 6.52. The monoisotopic (exact) mass is 267 g/mol. The Balaban J connectivity index is 2.50. The van der Waals surface area contributed by atoms with Crippen LogP contribution in [-0.4, -0.2) is 24.8 Å². The minimum absolute atomic E-state index is 0.355. The van der Waals surface area contributed by atoms with Crippen molar-refractivity contribution in [2.45, 2.75) is 20.8 Å². The normalized spacial score (nSPS) is 10.7. The van der Waals surface area contributed by atoms with Crippen LogP contribution in [0, 0.1) is 12.8 Å². The highest BCUT2D eigenvalue weighted by atomic mass is 32.1. The number of hydrogen-bond acceptors (Lipinski definition) is 3. The molecule has 1 rings (SSSR count). The Morgan fingerprint density at radius 3 is 2.67 bits per heavy atom. The van der Waals surface area contributed by atoms with E-state index < -0.39 is 0 Å². The Morgan fingerprint density at radius 1 is 1.33 bits per heavy atom. The van der Waals surface area contributed by atoms with E-state index in [0.29, 0.717) is 24.1 Å². The van der Waals surface area contributed by atoms with Gasteiger partial charge in [0.25, 0.3) is 0 Å². The molecule has 0 aromatic heterocycles. The average molecular weight is 267 g/mol. The van der Waals surface area contributed by atoms with Crippen LogP contribution in [0.15, 0.2) is 18.2 Å². The molecule has 18 heavy (non-hydrogen) atoms. The summed E-state index contributed by atoms with van der Waals surface area (Å²) in [6.45, 7) is 8.07. The number of benzene rings is 1. The summed E-state index contributed by atoms with van der Waals surface area (Å²) in [5.74, 6) is 1.27. The molecule has 0 aliphatic carbocycles. The van der Waals surface area contributed by atoms with Crippen molar-refractivity contribution in [3.05, 3.63) is 29.3 Å². The van der Waals surface area contributed by atoms with Gasteiger partial charge < -0.3 is 15.2 Å². The van der Waals surface area contributed by atoms with Crippen molar-refractivity contribution < 1.29 is 9.47 Å². The second-order valence-corrected chi connectivity index (χ2v) is 5.12. The summed E-state index contributed by atoms with van der Waals surface area (Å²) < 4.78 is 11.1. The van der Waals surface area contributed by atoms with Crippen LogP contribution in [0.25, 0.3) is 0 Å². The van der Waals surface area contributed by atoms with Gasteiger partial charge in [0.1, 0.15) is 17.3 Å². The first-order chi connectivity index (χ1) is 8.50. The molecular formula is C14H21NO2S. The third-order valence-electron chi connectivity index (χ3n) is 2.34. The molecule has 0 radical (unpaired) electrons. The van der Waals surface area contributed by atoms with Gasteiger partial charge in [0.2, 0.25) is 0 Å². The fraction of sp³-hybridized carbons (Fsp3) is 0.500. The van der Waals surface area contributed by atoms with Gasteiger partial charge in [-0.3, -0.25) is 0 Å². The van der Waals surface area contributed by atoms with E-state index in [9.17, 15) is 0 Å². The van der Waals surface area contributed by atoms with Gasteiger partial charge in [-0.1, -0.05) is 32.1 Å². The van der Waals surface area contributed by atoms with E-state index in [1.807, 2.05) is 25.1 Å². The van der Waals surface area contributed by atoms with Gasteiger partial charge in [0.15, 0.2) is 0 Å². The molecule has 0 saturated carbocycles. The lowest BCUT2D eigenvalue weighted by molar-refractivity contribution is 0.0818. The first-order valence-electron chi connectivity index (χ1n) is 6.11. The molecule has 0 bridgehead atoms. The third kappa shape index (κ3) is 5.02. The summed E-state index contributed by atoms with van der Waals surface area (Å²) in [5.41, 5.74) is 7.55. The molecule has 3 nitrogen and oxygen atoms in total. The van der Waals surface area contributed by atoms with Crippen molar-refractivity contribution in [2.24, 2.45) is 11.7 Å². The lowest BCUT2D eigenvalue weighted by atomic mass is 10.1. The summed E-state index contributed by atoms with van der Waals surface area (Å²) in [6.07, 6.45) is 0. The van der Waals surface area contributed by atoms with Crippen LogP contribution < -0.4 is 10.5 Å². The largest absolute Gasteiger partial charge is 0.490 e. The summed E-state index contributed by atoms with van der Waals surface area (Å²) in [7, 11) is 0. The summed E-state index contributed by atoms with van der Waals surface area (Å²) in [4.78, 5) is 0.355. The van der Waals surface area contributed by atoms with Gasteiger partial charge in [-0.25, -0.2) is 0 Å². The number of nitrogens with two attached hydrogens (primary N) is 1. The maximum Gasteiger partial charge on any atom is 0.129 e. The number of ether oxygens (including phenoxy) is 2. The van der Waals surface area contributed by atoms with Gasteiger partial charge in [0, 0.05) is 6.61 Å². The predicted molar refractivity (Wildman–Crippen MR) is 78.2 cm³/mol. The van der Waals surface area contributed by atoms with Crippen LogP contribution in [0.4, 0.5) is 0 Å². The number of aryl methyl sites for hydroxylation is 1. The Morgan fingerprint density at radius 2 is 2.06 bits per heavy atom. The Bertz CT molecular complexity index is 405. The van der Waals surface area contributed by atoms with Gasteiger partial charge in [-0.15, -0.1) is 0 Å². The van der Waals surface area contributed by atoms with Crippen LogP contribution in [0.2, 0.25) is 0 Å². The van der Waals surface area contributed by atoms with Crippen molar-refractivity contribution in [1.29, 1.82) is 0 Å². The van der Waals surface area contributed by atoms with E-state index in [1.54, 1.807) is 0 Å². The lowest BCUT2D eigenvalue weighted by Crippen LogP contribution is -2.14. The molecule has 0 heterocycles. The molecule has 1 aromatic rings. The lowest BCUT2D eigenvalue weighted by Gasteiger charge is -2.12. The topological polar surface area (TPSA) is 44.5 Å². The van der Waals surface area contributed by atoms with Gasteiger partial charge in [0.05, 0.1) is 12.2 Å². The van der Waals surface area contributed by atoms with Crippen LogP contribution in [0.1, 0.15) is 25.0 Å². The standard InChI is InChI=1S/C14H21NO2S/c1-10(2)9-16-6-7-17-13-8-11(3)4-5-12(13)14(15)18/h4-5,8,10H,6-7,9H2,1-3H3,(H2,15,18). The Kier molecular flexibility index (Phi) is 6.09. The molecular weight excluding hydrogens is 246 g/mol. The molecule has 2 N–H and O–H groups in total. The number of hydrogen-bond donors (Lipinski definition) is 1. The zero-order valence-corrected chi connectivity index (χ0v) is 12.0. The zero-order valence-electron chi connectivity index (χ0n) is 11.2. The molecule has 0 aliphatic heterocycles. The maximum atomic E-state index is 5.67. The van der Waals surface area contributed by atoms with E-state index in [-0.39, 0.29) is 0 Å². The smallest absolute Gasteiger partial charge is 0.129 e. The SMILES string of the molecule is Cc1ccc(C(N)=S)c(OCCOCC(C)C)c1. The summed E-state index contributed by atoms with van der Waals surface area (Å²) >= 11 is 5.00. The fourth-order valence-corrected chi connectivity index (χ4v) is 1.65. The predicted octanol–water partition coefficient (Wildman–Crippen LogP) is 2.68. The van der Waals surface area contributed by atoms with E-state index in [1.165, 1.54) is 0 Å². The summed E-state index contributed by atoms with van der Waals surface area (Å²) in [6, 6.07) is 5.80. The minimum Gasteiger partial charge on any atom is -0.490 e. The second-order valence-electron chi connectivity index (χ2n) is 4.68. The van der Waals surface area contributed by atoms with Gasteiger partial charge >= 0.3 is 0 Å². The second kappa shape index (κ2) is 7.34. The molecule has 0 atom stereocenters. The van der Waals surface area contributed by atoms with Crippen molar-refractivity contribution in [2.75, 3.05) is 19.8 Å². The first kappa shape index (κ1) is 14.9. The maximum absolute atomic E-state index is 5.67. The zero-order chi connectivity index (χ0) is 13.5. The Hall–Kier alpha value is -1.13. The van der Waals surface area contributed by atoms with Gasteiger partial charge in [-0.2, -0.15) is 0 Å². The van der Waals surface area contributed by atoms with E-state index in [4.69, 9.17) is 27.4 Å². The quantitative estimate of drug-likeness (QED) is 0.609. The van der Waals surface area contributed by atoms with Crippen LogP contribution in [0.5, 0.6) is 5.75 Å². The van der Waals surface area contributed by atoms with E-state index in [0.717, 1.165) is 23.5 Å². The number of rotatable bonds is 7. The van der Waals surface area contributed by atoms with Crippen LogP contribution in [0.3, 0.4) is 0 Å². The molecule has 4 heteroatoms. The van der Waals surface area contributed by atoms with Gasteiger partial charge in [-0.05, 0) is 30.5 Å². The van der Waals surface area contributed by atoms with Crippen LogP contribution in [-0.2, 0) is 4.74 Å². The molecule has 100 valence electrons. The Labute approximate surface area is 114 Å². The fourth-order valence-electron chi connectivity index (χ4n) is 1.48. The molecule has 0 fully saturated rings. The number of thiocarbonyl (C=S) groups is 1. The molecule has 0 amide bonds. The molecule has 0 spiro atoms. The molecule has 0 aliphatic rings. The molecule has 1 aromatic carbocycles. The van der Waals surface area contributed by atoms with Crippen molar-refractivity contribution >= 4 is 17.2 Å². The highest BCUT2D eigenvalue weighted by Gasteiger charge is 2.06. The van der Waals surface area contributed by atoms with Crippen molar-refractivity contribution in [1.82, 2.24) is 0 Å². The highest BCUT2D eigenvalue weighted by molar-refractivity contribution is 7.80. The molecule has 0 unspecified atom stereocenters. The van der Waals surface area contributed by atoms with Crippen molar-refractivity contribution in [3.8, 4) is 5.75 Å². The molecule has 0 saturated heterocycles. The average Bonchev–Trinajstić information content (AvgIpc) is 2.27. The van der Waals surface area contributed by atoms with Crippen molar-refractivity contribution in [3.63, 3.8) is 0 Å². The minimum atomic E-state index is 0.355.